The summed E-state index contributed by atoms with van der Waals surface area (Å²) < 4.78 is 42.1. The number of aromatic nitrogens is 4. The Morgan fingerprint density at radius 1 is 1.21 bits per heavy atom. The Balaban J connectivity index is 1.42. The molecule has 5 N–H and O–H groups in total. The van der Waals surface area contributed by atoms with E-state index < -0.39 is 53.2 Å². The van der Waals surface area contributed by atoms with Crippen LogP contribution in [0.2, 0.25) is 0 Å². The standard InChI is InChI=1S/C18H23N6O8PS/c19-4-13-22-16(21-10-2-8-1-9(8)3-10)11-5-20-24(17(11)23-13)18-15(26)14(25)12(32-18)6-34(30,31)7-33(27,28)29/h5,8-10,12,14-15,18,25-26H,1-3,6-7H2,(H,21,22,23)(H2,27,28,29)/t8?,9?,10?,12-,14-,15-,18-/m1/s1. The maximum atomic E-state index is 12.1. The van der Waals surface area contributed by atoms with Crippen molar-refractivity contribution in [2.45, 2.75) is 49.8 Å². The number of aliphatic hydroxyl groups excluding tert-OH is 2. The maximum Gasteiger partial charge on any atom is 0.340 e. The van der Waals surface area contributed by atoms with Crippen LogP contribution in [-0.4, -0.2) is 83.8 Å². The molecule has 16 heteroatoms. The minimum absolute atomic E-state index is 0.145. The summed E-state index contributed by atoms with van der Waals surface area (Å²) in [5.41, 5.74) is -1.26. The van der Waals surface area contributed by atoms with Gasteiger partial charge in [-0.1, -0.05) is 0 Å². The normalized spacial score (nSPS) is 33.1. The Labute approximate surface area is 193 Å². The van der Waals surface area contributed by atoms with Crippen molar-refractivity contribution in [2.24, 2.45) is 11.8 Å². The molecule has 2 aromatic heterocycles. The Hall–Kier alpha value is -2.18. The van der Waals surface area contributed by atoms with Gasteiger partial charge in [-0.2, -0.15) is 15.3 Å². The number of aliphatic hydroxyl groups is 2. The highest BCUT2D eigenvalue weighted by atomic mass is 32.2. The van der Waals surface area contributed by atoms with E-state index in [-0.39, 0.29) is 17.5 Å². The van der Waals surface area contributed by atoms with Crippen molar-refractivity contribution in [1.29, 1.82) is 5.26 Å². The van der Waals surface area contributed by atoms with E-state index in [1.54, 1.807) is 0 Å². The third-order valence-electron chi connectivity index (χ3n) is 6.50. The van der Waals surface area contributed by atoms with Gasteiger partial charge in [-0.25, -0.2) is 18.1 Å². The molecule has 14 nitrogen and oxygen atoms in total. The lowest BCUT2D eigenvalue weighted by molar-refractivity contribution is -0.0364. The van der Waals surface area contributed by atoms with Crippen molar-refractivity contribution in [3.63, 3.8) is 0 Å². The molecule has 3 heterocycles. The van der Waals surface area contributed by atoms with Gasteiger partial charge in [0.05, 0.1) is 17.3 Å². The summed E-state index contributed by atoms with van der Waals surface area (Å²) in [6.07, 6.45) is -1.42. The number of nitrogens with one attached hydrogen (secondary N) is 1. The summed E-state index contributed by atoms with van der Waals surface area (Å²) in [5.74, 6) is 0.786. The van der Waals surface area contributed by atoms with E-state index in [9.17, 15) is 28.5 Å². The number of hydrogen-bond acceptors (Lipinski definition) is 11. The van der Waals surface area contributed by atoms with Crippen molar-refractivity contribution < 1.29 is 37.7 Å². The Morgan fingerprint density at radius 2 is 1.91 bits per heavy atom. The van der Waals surface area contributed by atoms with Crippen LogP contribution in [0.4, 0.5) is 5.82 Å². The molecule has 5 rings (SSSR count). The Bertz CT molecular complexity index is 1310. The largest absolute Gasteiger partial charge is 0.387 e. The fourth-order valence-corrected chi connectivity index (χ4v) is 8.17. The summed E-state index contributed by atoms with van der Waals surface area (Å²) in [4.78, 5) is 26.4. The molecule has 6 atom stereocenters. The van der Waals surface area contributed by atoms with Gasteiger partial charge in [-0.3, -0.25) is 4.57 Å². The van der Waals surface area contributed by atoms with E-state index in [4.69, 9.17) is 14.5 Å². The fourth-order valence-electron chi connectivity index (χ4n) is 4.93. The second kappa shape index (κ2) is 8.20. The monoisotopic (exact) mass is 514 g/mol. The van der Waals surface area contributed by atoms with Crippen LogP contribution in [-0.2, 0) is 19.1 Å². The molecule has 0 spiro atoms. The predicted molar refractivity (Wildman–Crippen MR) is 115 cm³/mol. The molecular formula is C18H23N6O8PS. The molecule has 1 aliphatic heterocycles. The van der Waals surface area contributed by atoms with Crippen molar-refractivity contribution >= 4 is 34.3 Å². The first kappa shape index (κ1) is 23.6. The Kier molecular flexibility index (Phi) is 5.68. The van der Waals surface area contributed by atoms with Crippen LogP contribution in [0.25, 0.3) is 11.0 Å². The number of anilines is 1. The van der Waals surface area contributed by atoms with Gasteiger partial charge in [-0.05, 0) is 31.1 Å². The molecule has 0 aromatic carbocycles. The average Bonchev–Trinajstić information content (AvgIpc) is 3.04. The van der Waals surface area contributed by atoms with Crippen LogP contribution in [0.5, 0.6) is 0 Å². The molecule has 0 bridgehead atoms. The molecule has 34 heavy (non-hydrogen) atoms. The highest BCUT2D eigenvalue weighted by Crippen LogP contribution is 2.52. The van der Waals surface area contributed by atoms with Crippen LogP contribution >= 0.6 is 7.60 Å². The number of ether oxygens (including phenoxy) is 1. The Morgan fingerprint density at radius 3 is 2.56 bits per heavy atom. The molecule has 184 valence electrons. The first-order valence-corrected chi connectivity index (χ1v) is 14.2. The quantitative estimate of drug-likeness (QED) is 0.282. The first-order valence-electron chi connectivity index (χ1n) is 10.6. The molecule has 1 saturated heterocycles. The number of nitrogens with zero attached hydrogens (tertiary/aromatic N) is 5. The second-order valence-electron chi connectivity index (χ2n) is 9.15. The molecule has 3 fully saturated rings. The third kappa shape index (κ3) is 4.55. The van der Waals surface area contributed by atoms with Crippen molar-refractivity contribution in [3.8, 4) is 6.07 Å². The number of nitriles is 1. The summed E-state index contributed by atoms with van der Waals surface area (Å²) in [6, 6.07) is 2.09. The second-order valence-corrected chi connectivity index (χ2v) is 13.3. The van der Waals surface area contributed by atoms with Crippen LogP contribution in [0, 0.1) is 23.2 Å². The van der Waals surface area contributed by atoms with Gasteiger partial charge in [0.15, 0.2) is 27.2 Å². The lowest BCUT2D eigenvalue weighted by atomic mass is 10.1. The zero-order chi connectivity index (χ0) is 24.4. The number of rotatable bonds is 7. The van der Waals surface area contributed by atoms with E-state index in [0.29, 0.717) is 11.2 Å². The van der Waals surface area contributed by atoms with Crippen molar-refractivity contribution in [2.75, 3.05) is 16.6 Å². The minimum Gasteiger partial charge on any atom is -0.387 e. The van der Waals surface area contributed by atoms with Gasteiger partial charge in [-0.15, -0.1) is 0 Å². The first-order chi connectivity index (χ1) is 15.9. The van der Waals surface area contributed by atoms with Crippen molar-refractivity contribution in [3.05, 3.63) is 12.0 Å². The SMILES string of the molecule is N#Cc1nc(NC2CC3CC3C2)c2cnn([C@@H]3O[C@H](CS(=O)(=O)CP(=O)(O)O)[C@@H](O)[C@H]3O)c2n1. The molecule has 2 aromatic rings. The van der Waals surface area contributed by atoms with E-state index >= 15 is 0 Å². The van der Waals surface area contributed by atoms with Gasteiger partial charge < -0.3 is 30.1 Å². The van der Waals surface area contributed by atoms with Gasteiger partial charge in [0, 0.05) is 6.04 Å². The molecule has 3 aliphatic rings. The smallest absolute Gasteiger partial charge is 0.340 e. The third-order valence-corrected chi connectivity index (χ3v) is 10.3. The molecule has 0 amide bonds. The van der Waals surface area contributed by atoms with E-state index in [2.05, 4.69) is 20.4 Å². The number of hydrogen-bond donors (Lipinski definition) is 5. The lowest BCUT2D eigenvalue weighted by Gasteiger charge is -2.17. The summed E-state index contributed by atoms with van der Waals surface area (Å²) in [7, 11) is -9.18. The molecule has 2 unspecified atom stereocenters. The summed E-state index contributed by atoms with van der Waals surface area (Å²) in [6.45, 7) is 0. The van der Waals surface area contributed by atoms with Gasteiger partial charge in [0.1, 0.15) is 30.2 Å². The van der Waals surface area contributed by atoms with E-state index in [1.165, 1.54) is 12.6 Å². The van der Waals surface area contributed by atoms with Gasteiger partial charge in [0.25, 0.3) is 0 Å². The van der Waals surface area contributed by atoms with E-state index in [1.807, 2.05) is 6.07 Å². The van der Waals surface area contributed by atoms with Crippen LogP contribution in [0.15, 0.2) is 6.20 Å². The minimum atomic E-state index is -4.86. The average molecular weight is 514 g/mol. The zero-order valence-electron chi connectivity index (χ0n) is 17.7. The molecule has 2 aliphatic carbocycles. The number of sulfone groups is 1. The predicted octanol–water partition coefficient (Wildman–Crippen LogP) is -0.922. The number of fused-ring (bicyclic) bond motifs is 2. The highest BCUT2D eigenvalue weighted by molar-refractivity contribution is 7.97. The van der Waals surface area contributed by atoms with E-state index in [0.717, 1.165) is 29.4 Å². The van der Waals surface area contributed by atoms with Gasteiger partial charge >= 0.3 is 7.60 Å². The zero-order valence-corrected chi connectivity index (χ0v) is 19.4. The highest BCUT2D eigenvalue weighted by Gasteiger charge is 2.48. The molecule has 0 radical (unpaired) electrons. The molecule has 2 saturated carbocycles. The van der Waals surface area contributed by atoms with Gasteiger partial charge in [0.2, 0.25) is 5.82 Å². The molecular weight excluding hydrogens is 491 g/mol. The summed E-state index contributed by atoms with van der Waals surface area (Å²) >= 11 is 0. The van der Waals surface area contributed by atoms with Crippen LogP contribution in [0.1, 0.15) is 31.3 Å². The summed E-state index contributed by atoms with van der Waals surface area (Å²) in [5, 5.41) is 38.3. The van der Waals surface area contributed by atoms with Crippen LogP contribution < -0.4 is 5.32 Å². The topological polar surface area (TPSA) is 221 Å². The van der Waals surface area contributed by atoms with Crippen molar-refractivity contribution in [1.82, 2.24) is 19.7 Å². The van der Waals surface area contributed by atoms with Crippen LogP contribution in [0.3, 0.4) is 0 Å². The maximum absolute atomic E-state index is 12.1. The fraction of sp³-hybridized carbons (Fsp3) is 0.667. The lowest BCUT2D eigenvalue weighted by Crippen LogP contribution is -2.36.